The molecule has 0 aromatic heterocycles. The second-order valence-electron chi connectivity index (χ2n) is 5.46. The molecule has 2 heteroatoms. The number of nitrogens with one attached hydrogen (secondary N) is 1. The van der Waals surface area contributed by atoms with Crippen LogP contribution in [0.3, 0.4) is 0 Å². The Labute approximate surface area is 127 Å². The van der Waals surface area contributed by atoms with Crippen LogP contribution in [0.1, 0.15) is 33.9 Å². The van der Waals surface area contributed by atoms with E-state index in [4.69, 9.17) is 11.6 Å². The van der Waals surface area contributed by atoms with Gasteiger partial charge >= 0.3 is 0 Å². The number of halogens is 1. The highest BCUT2D eigenvalue weighted by molar-refractivity contribution is 6.30. The molecule has 2 rings (SSSR count). The molecule has 2 aromatic carbocycles. The molecule has 0 bridgehead atoms. The van der Waals surface area contributed by atoms with E-state index in [-0.39, 0.29) is 0 Å². The Hall–Kier alpha value is -1.31. The summed E-state index contributed by atoms with van der Waals surface area (Å²) in [4.78, 5) is 0. The molecule has 0 aliphatic carbocycles. The van der Waals surface area contributed by atoms with Gasteiger partial charge in [-0.1, -0.05) is 35.9 Å². The maximum atomic E-state index is 6.04. The zero-order chi connectivity index (χ0) is 14.7. The van der Waals surface area contributed by atoms with Gasteiger partial charge in [0.2, 0.25) is 0 Å². The molecule has 0 aliphatic heterocycles. The highest BCUT2D eigenvalue weighted by atomic mass is 35.5. The third-order valence-corrected chi connectivity index (χ3v) is 4.20. The van der Waals surface area contributed by atoms with Gasteiger partial charge in [0.1, 0.15) is 0 Å². The highest BCUT2D eigenvalue weighted by Crippen LogP contribution is 2.25. The van der Waals surface area contributed by atoms with Crippen LogP contribution in [0, 0.1) is 20.8 Å². The summed E-state index contributed by atoms with van der Waals surface area (Å²) in [5.41, 5.74) is 6.61. The highest BCUT2D eigenvalue weighted by Gasteiger charge is 2.13. The number of rotatable bonds is 4. The summed E-state index contributed by atoms with van der Waals surface area (Å²) in [7, 11) is 2.01. The first-order chi connectivity index (χ1) is 9.51. The van der Waals surface area contributed by atoms with E-state index in [2.05, 4.69) is 50.4 Å². The first-order valence-corrected chi connectivity index (χ1v) is 7.38. The summed E-state index contributed by atoms with van der Waals surface area (Å²) < 4.78 is 0. The summed E-state index contributed by atoms with van der Waals surface area (Å²) in [5.74, 6) is 0. The monoisotopic (exact) mass is 287 g/mol. The second kappa shape index (κ2) is 6.43. The van der Waals surface area contributed by atoms with Gasteiger partial charge in [0.05, 0.1) is 0 Å². The summed E-state index contributed by atoms with van der Waals surface area (Å²) >= 11 is 6.04. The van der Waals surface area contributed by atoms with Crippen molar-refractivity contribution in [1.82, 2.24) is 5.32 Å². The van der Waals surface area contributed by atoms with Crippen LogP contribution >= 0.6 is 11.6 Å². The van der Waals surface area contributed by atoms with E-state index in [1.807, 2.05) is 19.2 Å². The van der Waals surface area contributed by atoms with Gasteiger partial charge in [0, 0.05) is 11.1 Å². The van der Waals surface area contributed by atoms with Crippen molar-refractivity contribution in [2.75, 3.05) is 7.05 Å². The fourth-order valence-electron chi connectivity index (χ4n) is 2.56. The lowest BCUT2D eigenvalue weighted by Gasteiger charge is -2.20. The number of likely N-dealkylation sites (N-methyl/N-ethyl adjacent to an activating group) is 1. The number of benzene rings is 2. The van der Waals surface area contributed by atoms with E-state index in [0.717, 1.165) is 11.4 Å². The molecule has 0 aliphatic rings. The van der Waals surface area contributed by atoms with Crippen molar-refractivity contribution in [1.29, 1.82) is 0 Å². The Kier molecular flexibility index (Phi) is 4.85. The number of aryl methyl sites for hydroxylation is 3. The number of hydrogen-bond acceptors (Lipinski definition) is 1. The molecule has 1 N–H and O–H groups in total. The van der Waals surface area contributed by atoms with Crippen LogP contribution in [0.2, 0.25) is 5.02 Å². The molecule has 0 spiro atoms. The van der Waals surface area contributed by atoms with Crippen molar-refractivity contribution < 1.29 is 0 Å². The van der Waals surface area contributed by atoms with Gasteiger partial charge in [0.25, 0.3) is 0 Å². The van der Waals surface area contributed by atoms with Gasteiger partial charge in [0.15, 0.2) is 0 Å². The van der Waals surface area contributed by atoms with E-state index >= 15 is 0 Å². The predicted molar refractivity (Wildman–Crippen MR) is 87.6 cm³/mol. The summed E-state index contributed by atoms with van der Waals surface area (Å²) in [6, 6.07) is 13.1. The summed E-state index contributed by atoms with van der Waals surface area (Å²) in [6.45, 7) is 6.44. The van der Waals surface area contributed by atoms with Gasteiger partial charge < -0.3 is 5.32 Å². The smallest absolute Gasteiger partial charge is 0.0408 e. The molecule has 20 heavy (non-hydrogen) atoms. The topological polar surface area (TPSA) is 12.0 Å². The number of hydrogen-bond donors (Lipinski definition) is 1. The SMILES string of the molecule is CNC(Cc1ccc(C)c(C)c1)c1ccc(Cl)cc1C. The first kappa shape index (κ1) is 15.1. The fraction of sp³-hybridized carbons (Fsp3) is 0.333. The normalized spacial score (nSPS) is 12.4. The summed E-state index contributed by atoms with van der Waals surface area (Å²) in [6.07, 6.45) is 0.986. The van der Waals surface area contributed by atoms with Crippen molar-refractivity contribution in [3.05, 3.63) is 69.2 Å². The van der Waals surface area contributed by atoms with Crippen molar-refractivity contribution >= 4 is 11.6 Å². The molecule has 1 unspecified atom stereocenters. The largest absolute Gasteiger partial charge is 0.313 e. The Morgan fingerprint density at radius 1 is 0.950 bits per heavy atom. The molecule has 0 radical (unpaired) electrons. The van der Waals surface area contributed by atoms with Crippen molar-refractivity contribution in [3.63, 3.8) is 0 Å². The minimum Gasteiger partial charge on any atom is -0.313 e. The van der Waals surface area contributed by atoms with Crippen LogP contribution in [0.25, 0.3) is 0 Å². The predicted octanol–water partition coefficient (Wildman–Crippen LogP) is 4.77. The second-order valence-corrected chi connectivity index (χ2v) is 5.90. The van der Waals surface area contributed by atoms with E-state index in [1.165, 1.54) is 27.8 Å². The van der Waals surface area contributed by atoms with Gasteiger partial charge in [-0.15, -0.1) is 0 Å². The van der Waals surface area contributed by atoms with Crippen LogP contribution in [0.15, 0.2) is 36.4 Å². The van der Waals surface area contributed by atoms with Crippen molar-refractivity contribution in [3.8, 4) is 0 Å². The first-order valence-electron chi connectivity index (χ1n) is 7.00. The Balaban J connectivity index is 2.26. The Morgan fingerprint density at radius 2 is 1.70 bits per heavy atom. The lowest BCUT2D eigenvalue weighted by molar-refractivity contribution is 0.589. The molecule has 2 aromatic rings. The van der Waals surface area contributed by atoms with Crippen LogP contribution < -0.4 is 5.32 Å². The molecule has 1 nitrogen and oxygen atoms in total. The van der Waals surface area contributed by atoms with Gasteiger partial charge in [-0.3, -0.25) is 0 Å². The minimum absolute atomic E-state index is 0.314. The maximum absolute atomic E-state index is 6.04. The van der Waals surface area contributed by atoms with Crippen LogP contribution in [-0.4, -0.2) is 7.05 Å². The van der Waals surface area contributed by atoms with E-state index in [9.17, 15) is 0 Å². The van der Waals surface area contributed by atoms with Gasteiger partial charge in [-0.05, 0) is 74.2 Å². The molecule has 0 fully saturated rings. The van der Waals surface area contributed by atoms with Crippen LogP contribution in [-0.2, 0) is 6.42 Å². The third-order valence-electron chi connectivity index (χ3n) is 3.97. The zero-order valence-electron chi connectivity index (χ0n) is 12.6. The minimum atomic E-state index is 0.314. The average molecular weight is 288 g/mol. The third kappa shape index (κ3) is 3.41. The molecule has 0 amide bonds. The maximum Gasteiger partial charge on any atom is 0.0408 e. The average Bonchev–Trinajstić information content (AvgIpc) is 2.41. The molecule has 0 saturated carbocycles. The van der Waals surface area contributed by atoms with E-state index < -0.39 is 0 Å². The quantitative estimate of drug-likeness (QED) is 0.854. The summed E-state index contributed by atoms with van der Waals surface area (Å²) in [5, 5.41) is 4.22. The molecule has 1 atom stereocenters. The van der Waals surface area contributed by atoms with Gasteiger partial charge in [-0.2, -0.15) is 0 Å². The zero-order valence-corrected chi connectivity index (χ0v) is 13.4. The van der Waals surface area contributed by atoms with Crippen LogP contribution in [0.5, 0.6) is 0 Å². The van der Waals surface area contributed by atoms with Gasteiger partial charge in [-0.25, -0.2) is 0 Å². The van der Waals surface area contributed by atoms with E-state index in [0.29, 0.717) is 6.04 Å². The standard InChI is InChI=1S/C18H22ClN/c1-12-5-6-15(9-13(12)2)11-18(20-4)17-8-7-16(19)10-14(17)3/h5-10,18,20H,11H2,1-4H3. The Morgan fingerprint density at radius 3 is 2.30 bits per heavy atom. The van der Waals surface area contributed by atoms with Crippen LogP contribution in [0.4, 0.5) is 0 Å². The molecular formula is C18H22ClN. The van der Waals surface area contributed by atoms with E-state index in [1.54, 1.807) is 0 Å². The molecule has 0 heterocycles. The Bertz CT molecular complexity index is 604. The lowest BCUT2D eigenvalue weighted by atomic mass is 9.94. The lowest BCUT2D eigenvalue weighted by Crippen LogP contribution is -2.19. The fourth-order valence-corrected chi connectivity index (χ4v) is 2.79. The van der Waals surface area contributed by atoms with Crippen molar-refractivity contribution in [2.45, 2.75) is 33.2 Å². The molecule has 106 valence electrons. The van der Waals surface area contributed by atoms with Crippen molar-refractivity contribution in [2.24, 2.45) is 0 Å². The molecule has 0 saturated heterocycles. The molecular weight excluding hydrogens is 266 g/mol.